The summed E-state index contributed by atoms with van der Waals surface area (Å²) in [5.41, 5.74) is 3.27. The van der Waals surface area contributed by atoms with Gasteiger partial charge >= 0.3 is 0 Å². The third-order valence-corrected chi connectivity index (χ3v) is 2.96. The Labute approximate surface area is 114 Å². The van der Waals surface area contributed by atoms with Crippen LogP contribution in [0, 0.1) is 6.92 Å². The second-order valence-corrected chi connectivity index (χ2v) is 4.81. The number of aromatic nitrogens is 3. The molecule has 0 saturated heterocycles. The van der Waals surface area contributed by atoms with Crippen molar-refractivity contribution in [3.63, 3.8) is 0 Å². The van der Waals surface area contributed by atoms with Crippen molar-refractivity contribution >= 4 is 0 Å². The van der Waals surface area contributed by atoms with E-state index in [-0.39, 0.29) is 0 Å². The van der Waals surface area contributed by atoms with Gasteiger partial charge in [-0.3, -0.25) is 4.98 Å². The van der Waals surface area contributed by atoms with Crippen LogP contribution in [0.3, 0.4) is 0 Å². The maximum Gasteiger partial charge on any atom is 0.0953 e. The zero-order chi connectivity index (χ0) is 13.5. The largest absolute Gasteiger partial charge is 0.331 e. The van der Waals surface area contributed by atoms with Gasteiger partial charge in [0.1, 0.15) is 0 Å². The minimum absolute atomic E-state index is 0.789. The number of pyridine rings is 1. The van der Waals surface area contributed by atoms with E-state index in [0.717, 1.165) is 43.1 Å². The molecule has 0 aliphatic rings. The van der Waals surface area contributed by atoms with Crippen molar-refractivity contribution in [2.75, 3.05) is 13.1 Å². The molecule has 4 nitrogen and oxygen atoms in total. The van der Waals surface area contributed by atoms with Gasteiger partial charge in [0, 0.05) is 24.9 Å². The molecule has 0 aliphatic carbocycles. The second kappa shape index (κ2) is 7.04. The van der Waals surface area contributed by atoms with Gasteiger partial charge in [-0.1, -0.05) is 13.0 Å². The van der Waals surface area contributed by atoms with Crippen LogP contribution in [0.1, 0.15) is 30.4 Å². The zero-order valence-corrected chi connectivity index (χ0v) is 11.8. The summed E-state index contributed by atoms with van der Waals surface area (Å²) in [4.78, 5) is 8.93. The molecule has 0 spiro atoms. The zero-order valence-electron chi connectivity index (χ0n) is 11.8. The number of hydrogen-bond acceptors (Lipinski definition) is 3. The van der Waals surface area contributed by atoms with Crippen molar-refractivity contribution in [2.24, 2.45) is 0 Å². The van der Waals surface area contributed by atoms with E-state index in [9.17, 15) is 0 Å². The molecule has 0 atom stereocenters. The van der Waals surface area contributed by atoms with Gasteiger partial charge in [0.25, 0.3) is 0 Å². The smallest absolute Gasteiger partial charge is 0.0953 e. The summed E-state index contributed by atoms with van der Waals surface area (Å²) in [6, 6.07) is 6.11. The Morgan fingerprint density at radius 1 is 1.21 bits per heavy atom. The van der Waals surface area contributed by atoms with Gasteiger partial charge in [-0.2, -0.15) is 0 Å². The Morgan fingerprint density at radius 2 is 2.11 bits per heavy atom. The van der Waals surface area contributed by atoms with Gasteiger partial charge in [-0.15, -0.1) is 0 Å². The molecule has 0 bridgehead atoms. The fourth-order valence-electron chi connectivity index (χ4n) is 2.01. The van der Waals surface area contributed by atoms with Crippen LogP contribution < -0.4 is 5.32 Å². The lowest BCUT2D eigenvalue weighted by atomic mass is 10.3. The van der Waals surface area contributed by atoms with E-state index >= 15 is 0 Å². The normalized spacial score (nSPS) is 10.8. The highest BCUT2D eigenvalue weighted by Gasteiger charge is 2.01. The van der Waals surface area contributed by atoms with Crippen LogP contribution in [0.4, 0.5) is 0 Å². The van der Waals surface area contributed by atoms with Crippen LogP contribution in [0.15, 0.2) is 30.7 Å². The van der Waals surface area contributed by atoms with E-state index in [4.69, 9.17) is 0 Å². The van der Waals surface area contributed by atoms with Crippen molar-refractivity contribution in [2.45, 2.75) is 33.2 Å². The first-order valence-corrected chi connectivity index (χ1v) is 6.92. The Bertz CT molecular complexity index is 504. The first-order chi connectivity index (χ1) is 9.28. The third kappa shape index (κ3) is 4.48. The summed E-state index contributed by atoms with van der Waals surface area (Å²) < 4.78 is 2.09. The van der Waals surface area contributed by atoms with Crippen LogP contribution in [-0.4, -0.2) is 27.6 Å². The maximum absolute atomic E-state index is 4.50. The summed E-state index contributed by atoms with van der Waals surface area (Å²) in [5.74, 6) is 0. The van der Waals surface area contributed by atoms with Crippen LogP contribution in [0.2, 0.25) is 0 Å². The SMILES string of the molecule is CCCNCCc1cn(Cc2cccc(C)n2)cn1. The first-order valence-electron chi connectivity index (χ1n) is 6.92. The monoisotopic (exact) mass is 258 g/mol. The van der Waals surface area contributed by atoms with Gasteiger partial charge in [0.05, 0.1) is 24.3 Å². The maximum atomic E-state index is 4.50. The van der Waals surface area contributed by atoms with Crippen LogP contribution in [-0.2, 0) is 13.0 Å². The number of aryl methyl sites for hydroxylation is 1. The van der Waals surface area contributed by atoms with E-state index < -0.39 is 0 Å². The first kappa shape index (κ1) is 13.7. The molecule has 0 saturated carbocycles. The van der Waals surface area contributed by atoms with Gasteiger partial charge in [0.2, 0.25) is 0 Å². The molecule has 4 heteroatoms. The molecule has 0 amide bonds. The number of hydrogen-bond donors (Lipinski definition) is 1. The summed E-state index contributed by atoms with van der Waals surface area (Å²) in [6.45, 7) is 7.05. The average Bonchev–Trinajstić information content (AvgIpc) is 2.82. The van der Waals surface area contributed by atoms with Gasteiger partial charge in [-0.05, 0) is 32.0 Å². The highest BCUT2D eigenvalue weighted by Crippen LogP contribution is 2.03. The number of rotatable bonds is 7. The van der Waals surface area contributed by atoms with Crippen molar-refractivity contribution in [1.82, 2.24) is 19.9 Å². The predicted octanol–water partition coefficient (Wildman–Crippen LogP) is 2.18. The quantitative estimate of drug-likeness (QED) is 0.774. The molecule has 0 radical (unpaired) electrons. The lowest BCUT2D eigenvalue weighted by Gasteiger charge is -2.02. The molecule has 2 aromatic heterocycles. The number of nitrogens with one attached hydrogen (secondary N) is 1. The Kier molecular flexibility index (Phi) is 5.10. The van der Waals surface area contributed by atoms with E-state index in [1.807, 2.05) is 25.4 Å². The molecule has 2 aromatic rings. The average molecular weight is 258 g/mol. The van der Waals surface area contributed by atoms with Crippen LogP contribution in [0.25, 0.3) is 0 Å². The molecule has 0 fully saturated rings. The lowest BCUT2D eigenvalue weighted by Crippen LogP contribution is -2.17. The fourth-order valence-corrected chi connectivity index (χ4v) is 2.01. The Hall–Kier alpha value is -1.68. The minimum Gasteiger partial charge on any atom is -0.331 e. The van der Waals surface area contributed by atoms with E-state index in [0.29, 0.717) is 0 Å². The van der Waals surface area contributed by atoms with Gasteiger partial charge in [0.15, 0.2) is 0 Å². The van der Waals surface area contributed by atoms with Gasteiger partial charge < -0.3 is 9.88 Å². The summed E-state index contributed by atoms with van der Waals surface area (Å²) in [6.07, 6.45) is 6.15. The molecule has 2 heterocycles. The molecular weight excluding hydrogens is 236 g/mol. The van der Waals surface area contributed by atoms with E-state index in [2.05, 4.69) is 39.0 Å². The third-order valence-electron chi connectivity index (χ3n) is 2.96. The summed E-state index contributed by atoms with van der Waals surface area (Å²) >= 11 is 0. The van der Waals surface area contributed by atoms with E-state index in [1.54, 1.807) is 0 Å². The van der Waals surface area contributed by atoms with Gasteiger partial charge in [-0.25, -0.2) is 4.98 Å². The van der Waals surface area contributed by atoms with Crippen molar-refractivity contribution < 1.29 is 0 Å². The second-order valence-electron chi connectivity index (χ2n) is 4.81. The summed E-state index contributed by atoms with van der Waals surface area (Å²) in [5, 5.41) is 3.39. The molecule has 0 aromatic carbocycles. The topological polar surface area (TPSA) is 42.7 Å². The van der Waals surface area contributed by atoms with Crippen LogP contribution in [0.5, 0.6) is 0 Å². The Morgan fingerprint density at radius 3 is 2.89 bits per heavy atom. The van der Waals surface area contributed by atoms with Crippen molar-refractivity contribution in [3.05, 3.63) is 47.8 Å². The molecule has 102 valence electrons. The lowest BCUT2D eigenvalue weighted by molar-refractivity contribution is 0.666. The fraction of sp³-hybridized carbons (Fsp3) is 0.467. The molecule has 0 unspecified atom stereocenters. The highest BCUT2D eigenvalue weighted by atomic mass is 15.0. The standard InChI is InChI=1S/C15H22N4/c1-3-8-16-9-7-14-10-19(12-17-14)11-15-6-4-5-13(2)18-15/h4-6,10,12,16H,3,7-9,11H2,1-2H3. The van der Waals surface area contributed by atoms with Crippen LogP contribution >= 0.6 is 0 Å². The minimum atomic E-state index is 0.789. The predicted molar refractivity (Wildman–Crippen MR) is 77.2 cm³/mol. The van der Waals surface area contributed by atoms with Crippen molar-refractivity contribution in [1.29, 1.82) is 0 Å². The number of imidazole rings is 1. The highest BCUT2D eigenvalue weighted by molar-refractivity contribution is 5.11. The molecule has 1 N–H and O–H groups in total. The molecule has 19 heavy (non-hydrogen) atoms. The van der Waals surface area contributed by atoms with Crippen molar-refractivity contribution in [3.8, 4) is 0 Å². The molecular formula is C15H22N4. The molecule has 2 rings (SSSR count). The van der Waals surface area contributed by atoms with E-state index in [1.165, 1.54) is 6.42 Å². The molecule has 0 aliphatic heterocycles. The number of nitrogens with zero attached hydrogens (tertiary/aromatic N) is 3. The summed E-state index contributed by atoms with van der Waals surface area (Å²) in [7, 11) is 0. The Balaban J connectivity index is 1.87.